The van der Waals surface area contributed by atoms with Gasteiger partial charge in [-0.1, -0.05) is 131 Å². The molecule has 3 nitrogen and oxygen atoms in total. The molecule has 0 radical (unpaired) electrons. The van der Waals surface area contributed by atoms with Gasteiger partial charge in [-0.2, -0.15) is 0 Å². The first-order chi connectivity index (χ1) is 27.3. The van der Waals surface area contributed by atoms with Gasteiger partial charge in [-0.3, -0.25) is 4.98 Å². The van der Waals surface area contributed by atoms with Crippen LogP contribution in [0.15, 0.2) is 176 Å². The molecule has 0 spiro atoms. The lowest BCUT2D eigenvalue weighted by Crippen LogP contribution is -2.19. The molecule has 2 aliphatic rings. The van der Waals surface area contributed by atoms with Crippen molar-refractivity contribution in [1.82, 2.24) is 9.55 Å². The summed E-state index contributed by atoms with van der Waals surface area (Å²) in [6.45, 7) is 9.40. The summed E-state index contributed by atoms with van der Waals surface area (Å²) >= 11 is 0. The number of nitrogens with zero attached hydrogens (tertiary/aromatic N) is 3. The maximum atomic E-state index is 5.60. The highest BCUT2D eigenvalue weighted by Crippen LogP contribution is 2.55. The first-order valence-corrected chi connectivity index (χ1v) is 19.6. The molecule has 3 heteroatoms. The van der Waals surface area contributed by atoms with E-state index in [1.807, 2.05) is 0 Å². The third kappa shape index (κ3) is 4.67. The quantitative estimate of drug-likeness (QED) is 0.177. The van der Waals surface area contributed by atoms with E-state index < -0.39 is 0 Å². The normalized spacial score (nSPS) is 14.4. The van der Waals surface area contributed by atoms with E-state index >= 15 is 0 Å². The van der Waals surface area contributed by atoms with Crippen LogP contribution in [0, 0.1) is 0 Å². The van der Waals surface area contributed by atoms with E-state index in [9.17, 15) is 0 Å². The van der Waals surface area contributed by atoms with Gasteiger partial charge in [0.1, 0.15) is 0 Å². The molecule has 0 atom stereocenters. The predicted molar refractivity (Wildman–Crippen MR) is 234 cm³/mol. The summed E-state index contributed by atoms with van der Waals surface area (Å²) in [5.41, 5.74) is 19.0. The van der Waals surface area contributed by atoms with Crippen molar-refractivity contribution in [3.05, 3.63) is 198 Å². The molecular weight excluding hydrogens is 679 g/mol. The monoisotopic (exact) mass is 719 g/mol. The molecule has 0 amide bonds. The number of hydrogen-bond donors (Lipinski definition) is 0. The van der Waals surface area contributed by atoms with Gasteiger partial charge in [-0.25, -0.2) is 0 Å². The molecule has 2 aliphatic carbocycles. The maximum Gasteiger partial charge on any atom is 0.0750 e. The predicted octanol–water partition coefficient (Wildman–Crippen LogP) is 13.9. The van der Waals surface area contributed by atoms with E-state index in [0.717, 1.165) is 28.5 Å². The zero-order valence-corrected chi connectivity index (χ0v) is 32.1. The molecule has 0 bridgehead atoms. The highest BCUT2D eigenvalue weighted by Gasteiger charge is 2.43. The summed E-state index contributed by atoms with van der Waals surface area (Å²) < 4.78 is 2.38. The van der Waals surface area contributed by atoms with Gasteiger partial charge in [-0.15, -0.1) is 0 Å². The van der Waals surface area contributed by atoms with Crippen molar-refractivity contribution in [1.29, 1.82) is 0 Å². The summed E-state index contributed by atoms with van der Waals surface area (Å²) in [4.78, 5) is 7.95. The van der Waals surface area contributed by atoms with Gasteiger partial charge in [0.2, 0.25) is 0 Å². The Labute approximate surface area is 328 Å². The lowest BCUT2D eigenvalue weighted by molar-refractivity contribution is 0.632. The smallest absolute Gasteiger partial charge is 0.0750 e. The molecule has 0 unspecified atom stereocenters. The van der Waals surface area contributed by atoms with E-state index in [2.05, 4.69) is 213 Å². The van der Waals surface area contributed by atoms with Crippen LogP contribution in [0.4, 0.5) is 17.1 Å². The lowest BCUT2D eigenvalue weighted by atomic mass is 9.81. The number of benzene rings is 7. The summed E-state index contributed by atoms with van der Waals surface area (Å²) in [6.07, 6.45) is 0. The van der Waals surface area contributed by atoms with Gasteiger partial charge in [0.25, 0.3) is 0 Å². The number of aromatic nitrogens is 2. The van der Waals surface area contributed by atoms with Crippen molar-refractivity contribution >= 4 is 38.9 Å². The molecule has 7 aromatic carbocycles. The Morgan fingerprint density at radius 3 is 1.62 bits per heavy atom. The Kier molecular flexibility index (Phi) is 6.94. The number of para-hydroxylation sites is 4. The molecule has 2 aromatic heterocycles. The summed E-state index contributed by atoms with van der Waals surface area (Å²) in [6, 6.07) is 64.2. The van der Waals surface area contributed by atoms with E-state index in [-0.39, 0.29) is 10.8 Å². The SMILES string of the molecule is CC1(C)c2cc(N(c3ccccc3)c3ccccc3)ccc2-c2nc3c(cc21)-c1ccc(-c2ccc(-n4c5ccccc5c5ccccc54)cc2)cc1C3(C)C. The van der Waals surface area contributed by atoms with Crippen molar-refractivity contribution in [3.8, 4) is 39.2 Å². The minimum absolute atomic E-state index is 0.216. The Morgan fingerprint density at radius 2 is 0.982 bits per heavy atom. The van der Waals surface area contributed by atoms with E-state index in [1.54, 1.807) is 0 Å². The summed E-state index contributed by atoms with van der Waals surface area (Å²) in [5.74, 6) is 0. The van der Waals surface area contributed by atoms with Gasteiger partial charge in [0, 0.05) is 55.5 Å². The van der Waals surface area contributed by atoms with Crippen molar-refractivity contribution in [2.45, 2.75) is 38.5 Å². The largest absolute Gasteiger partial charge is 0.310 e. The first-order valence-electron chi connectivity index (χ1n) is 19.6. The second-order valence-corrected chi connectivity index (χ2v) is 16.4. The second kappa shape index (κ2) is 11.9. The van der Waals surface area contributed by atoms with E-state index in [4.69, 9.17) is 4.98 Å². The highest BCUT2D eigenvalue weighted by atomic mass is 15.1. The molecule has 0 fully saturated rings. The first kappa shape index (κ1) is 32.7. The van der Waals surface area contributed by atoms with Crippen molar-refractivity contribution in [3.63, 3.8) is 0 Å². The molecule has 268 valence electrons. The minimum Gasteiger partial charge on any atom is -0.310 e. The number of anilines is 3. The molecule has 2 heterocycles. The van der Waals surface area contributed by atoms with Crippen LogP contribution in [-0.2, 0) is 10.8 Å². The topological polar surface area (TPSA) is 21.1 Å². The number of rotatable bonds is 5. The van der Waals surface area contributed by atoms with Crippen LogP contribution in [0.2, 0.25) is 0 Å². The van der Waals surface area contributed by atoms with Crippen molar-refractivity contribution in [2.75, 3.05) is 4.90 Å². The standard InChI is InChI=1S/C53H41N3/c1-52(2)46-32-39(55(36-15-7-5-8-16-36)37-17-9-6-10-18-37)28-30-43(46)50-47(52)33-44-40-29-25-35(31-45(40)53(3,4)51(44)54-50)34-23-26-38(27-24-34)56-48-21-13-11-19-41(48)42-20-12-14-22-49(42)56/h5-33H,1-4H3. The van der Waals surface area contributed by atoms with Crippen LogP contribution >= 0.6 is 0 Å². The Morgan fingerprint density at radius 1 is 0.429 bits per heavy atom. The molecule has 11 rings (SSSR count). The molecule has 56 heavy (non-hydrogen) atoms. The van der Waals surface area contributed by atoms with Gasteiger partial charge in [0.05, 0.1) is 22.4 Å². The van der Waals surface area contributed by atoms with E-state index in [1.165, 1.54) is 72.0 Å². The summed E-state index contributed by atoms with van der Waals surface area (Å²) in [7, 11) is 0. The Balaban J connectivity index is 0.961. The van der Waals surface area contributed by atoms with Crippen LogP contribution in [-0.4, -0.2) is 9.55 Å². The fraction of sp³-hybridized carbons (Fsp3) is 0.113. The number of pyridine rings is 1. The van der Waals surface area contributed by atoms with Crippen LogP contribution in [0.1, 0.15) is 50.1 Å². The van der Waals surface area contributed by atoms with Crippen molar-refractivity contribution in [2.24, 2.45) is 0 Å². The number of hydrogen-bond acceptors (Lipinski definition) is 2. The third-order valence-corrected chi connectivity index (χ3v) is 12.5. The number of fused-ring (bicyclic) bond motifs is 9. The van der Waals surface area contributed by atoms with Crippen LogP contribution in [0.3, 0.4) is 0 Å². The van der Waals surface area contributed by atoms with Crippen molar-refractivity contribution < 1.29 is 0 Å². The van der Waals surface area contributed by atoms with Crippen LogP contribution < -0.4 is 4.90 Å². The van der Waals surface area contributed by atoms with E-state index in [0.29, 0.717) is 0 Å². The average molecular weight is 720 g/mol. The van der Waals surface area contributed by atoms with Gasteiger partial charge in [0.15, 0.2) is 0 Å². The molecule has 0 N–H and O–H groups in total. The summed E-state index contributed by atoms with van der Waals surface area (Å²) in [5, 5.41) is 2.56. The third-order valence-electron chi connectivity index (χ3n) is 12.5. The Bertz CT molecular complexity index is 2910. The fourth-order valence-electron chi connectivity index (χ4n) is 9.63. The molecular formula is C53H41N3. The zero-order valence-electron chi connectivity index (χ0n) is 32.1. The Hall–Kier alpha value is -6.71. The second-order valence-electron chi connectivity index (χ2n) is 16.4. The minimum atomic E-state index is -0.247. The lowest BCUT2D eigenvalue weighted by Gasteiger charge is -2.28. The van der Waals surface area contributed by atoms with Gasteiger partial charge < -0.3 is 9.47 Å². The fourth-order valence-corrected chi connectivity index (χ4v) is 9.63. The maximum absolute atomic E-state index is 5.60. The average Bonchev–Trinajstić information content (AvgIpc) is 3.77. The van der Waals surface area contributed by atoms with Crippen LogP contribution in [0.5, 0.6) is 0 Å². The molecule has 0 aliphatic heterocycles. The van der Waals surface area contributed by atoms with Crippen LogP contribution in [0.25, 0.3) is 61.0 Å². The highest BCUT2D eigenvalue weighted by molar-refractivity contribution is 6.09. The molecule has 0 saturated heterocycles. The molecule has 9 aromatic rings. The van der Waals surface area contributed by atoms with Gasteiger partial charge >= 0.3 is 0 Å². The molecule has 0 saturated carbocycles. The zero-order chi connectivity index (χ0) is 37.8. The van der Waals surface area contributed by atoms with Gasteiger partial charge in [-0.05, 0) is 106 Å².